The molecule has 0 spiro atoms. The van der Waals surface area contributed by atoms with Crippen LogP contribution in [0.25, 0.3) is 0 Å². The number of ether oxygens (including phenoxy) is 5. The molecule has 0 saturated carbocycles. The Kier molecular flexibility index (Phi) is 9.55. The van der Waals surface area contributed by atoms with Crippen molar-refractivity contribution in [1.82, 2.24) is 9.55 Å². The highest BCUT2D eigenvalue weighted by molar-refractivity contribution is 5.68. The molecule has 1 aliphatic heterocycles. The zero-order valence-electron chi connectivity index (χ0n) is 21.3. The predicted octanol–water partition coefficient (Wildman–Crippen LogP) is 1.11. The molecule has 1 aromatic heterocycles. The number of esters is 4. The van der Waals surface area contributed by atoms with Crippen molar-refractivity contribution in [3.63, 3.8) is 0 Å². The van der Waals surface area contributed by atoms with Gasteiger partial charge >= 0.3 is 29.6 Å². The first-order chi connectivity index (χ1) is 18.0. The van der Waals surface area contributed by atoms with E-state index in [9.17, 15) is 24.0 Å². The second kappa shape index (κ2) is 12.8. The second-order valence-electron chi connectivity index (χ2n) is 8.43. The molecule has 5 atom stereocenters. The Morgan fingerprint density at radius 2 is 1.47 bits per heavy atom. The smallest absolute Gasteiger partial charge is 0.351 e. The molecule has 2 aromatic rings. The van der Waals surface area contributed by atoms with Crippen LogP contribution in [0.5, 0.6) is 0 Å². The van der Waals surface area contributed by atoms with Crippen molar-refractivity contribution in [2.24, 2.45) is 0 Å². The van der Waals surface area contributed by atoms with Crippen molar-refractivity contribution in [3.8, 4) is 0 Å². The van der Waals surface area contributed by atoms with Gasteiger partial charge < -0.3 is 29.0 Å². The maximum atomic E-state index is 13.1. The quantitative estimate of drug-likeness (QED) is 0.363. The molecule has 1 aromatic carbocycles. The van der Waals surface area contributed by atoms with E-state index < -0.39 is 66.8 Å². The minimum absolute atomic E-state index is 0.278. The van der Waals surface area contributed by atoms with E-state index in [0.29, 0.717) is 6.54 Å². The molecule has 0 aliphatic carbocycles. The number of hydrogen-bond donors (Lipinski definition) is 1. The van der Waals surface area contributed by atoms with Crippen molar-refractivity contribution in [3.05, 3.63) is 58.6 Å². The van der Waals surface area contributed by atoms with Crippen molar-refractivity contribution >= 4 is 29.7 Å². The summed E-state index contributed by atoms with van der Waals surface area (Å²) in [6.45, 7) is 4.52. The molecule has 2 heterocycles. The molecule has 0 unspecified atom stereocenters. The summed E-state index contributed by atoms with van der Waals surface area (Å²) in [4.78, 5) is 64.4. The average Bonchev–Trinajstić information content (AvgIpc) is 2.84. The fourth-order valence-electron chi connectivity index (χ4n) is 3.92. The lowest BCUT2D eigenvalue weighted by atomic mass is 9.97. The molecule has 0 amide bonds. The van der Waals surface area contributed by atoms with Gasteiger partial charge in [0.25, 0.3) is 0 Å². The highest BCUT2D eigenvalue weighted by Gasteiger charge is 2.53. The van der Waals surface area contributed by atoms with Gasteiger partial charge in [0.15, 0.2) is 24.5 Å². The molecular weight excluding hydrogens is 502 g/mol. The van der Waals surface area contributed by atoms with Crippen molar-refractivity contribution < 1.29 is 42.9 Å². The fraction of sp³-hybridized carbons (Fsp3) is 0.440. The van der Waals surface area contributed by atoms with E-state index in [-0.39, 0.29) is 5.82 Å². The van der Waals surface area contributed by atoms with Crippen LogP contribution >= 0.6 is 0 Å². The van der Waals surface area contributed by atoms with Crippen LogP contribution < -0.4 is 11.0 Å². The van der Waals surface area contributed by atoms with E-state index in [4.69, 9.17) is 23.7 Å². The van der Waals surface area contributed by atoms with Crippen LogP contribution in [-0.2, 0) is 49.4 Å². The molecular formula is C25H29N3O10. The van der Waals surface area contributed by atoms with Crippen LogP contribution in [0.1, 0.15) is 39.5 Å². The minimum atomic E-state index is -1.42. The van der Waals surface area contributed by atoms with Crippen LogP contribution in [-0.4, -0.2) is 64.5 Å². The van der Waals surface area contributed by atoms with Crippen molar-refractivity contribution in [2.75, 3.05) is 11.9 Å². The van der Waals surface area contributed by atoms with Crippen LogP contribution in [0.3, 0.4) is 0 Å². The lowest BCUT2D eigenvalue weighted by molar-refractivity contribution is -0.269. The van der Waals surface area contributed by atoms with E-state index in [0.717, 1.165) is 30.9 Å². The van der Waals surface area contributed by atoms with Gasteiger partial charge in [-0.1, -0.05) is 30.3 Å². The summed E-state index contributed by atoms with van der Waals surface area (Å²) < 4.78 is 28.2. The number of hydrogen-bond acceptors (Lipinski definition) is 12. The van der Waals surface area contributed by atoms with Gasteiger partial charge in [-0.3, -0.25) is 23.7 Å². The van der Waals surface area contributed by atoms with Gasteiger partial charge in [0.2, 0.25) is 0 Å². The molecule has 13 nitrogen and oxygen atoms in total. The lowest BCUT2D eigenvalue weighted by Gasteiger charge is -2.44. The van der Waals surface area contributed by atoms with E-state index in [1.807, 2.05) is 30.3 Å². The van der Waals surface area contributed by atoms with Crippen LogP contribution in [0.4, 0.5) is 5.82 Å². The van der Waals surface area contributed by atoms with Gasteiger partial charge in [-0.15, -0.1) is 0 Å². The summed E-state index contributed by atoms with van der Waals surface area (Å²) >= 11 is 0. The Labute approximate surface area is 218 Å². The van der Waals surface area contributed by atoms with Gasteiger partial charge in [-0.25, -0.2) is 4.79 Å². The molecule has 13 heteroatoms. The molecule has 38 heavy (non-hydrogen) atoms. The van der Waals surface area contributed by atoms with Gasteiger partial charge in [0.05, 0.1) is 0 Å². The number of benzene rings is 1. The number of carbonyl (C=O) groups is 4. The minimum Gasteiger partial charge on any atom is -0.463 e. The maximum Gasteiger partial charge on any atom is 0.351 e. The summed E-state index contributed by atoms with van der Waals surface area (Å²) in [5, 5.41) is 3.05. The van der Waals surface area contributed by atoms with E-state index in [1.54, 1.807) is 0 Å². The average molecular weight is 532 g/mol. The summed E-state index contributed by atoms with van der Waals surface area (Å²) in [5.41, 5.74) is 0.196. The zero-order chi connectivity index (χ0) is 27.8. The number of rotatable bonds is 9. The first-order valence-corrected chi connectivity index (χ1v) is 11.7. The molecule has 3 rings (SSSR count). The normalized spacial score (nSPS) is 22.6. The summed E-state index contributed by atoms with van der Waals surface area (Å²) in [5.74, 6) is -2.67. The topological polar surface area (TPSA) is 161 Å². The Bertz CT molecular complexity index is 1220. The second-order valence-corrected chi connectivity index (χ2v) is 8.43. The number of anilines is 1. The lowest BCUT2D eigenvalue weighted by Crippen LogP contribution is -2.61. The third-order valence-corrected chi connectivity index (χ3v) is 5.39. The van der Waals surface area contributed by atoms with Gasteiger partial charge in [-0.2, -0.15) is 4.98 Å². The first-order valence-electron chi connectivity index (χ1n) is 11.7. The Hall–Kier alpha value is -4.26. The number of nitrogens with zero attached hydrogens (tertiary/aromatic N) is 2. The molecule has 1 aliphatic rings. The molecule has 204 valence electrons. The van der Waals surface area contributed by atoms with E-state index in [2.05, 4.69) is 10.3 Å². The molecule has 1 saturated heterocycles. The van der Waals surface area contributed by atoms with Crippen LogP contribution in [0.15, 0.2) is 47.4 Å². The van der Waals surface area contributed by atoms with Gasteiger partial charge in [0, 0.05) is 40.4 Å². The Balaban J connectivity index is 1.98. The summed E-state index contributed by atoms with van der Waals surface area (Å²) in [6.07, 6.45) is -5.35. The largest absolute Gasteiger partial charge is 0.463 e. The van der Waals surface area contributed by atoms with E-state index >= 15 is 0 Å². The number of carbonyl (C=O) groups excluding carboxylic acids is 4. The zero-order valence-corrected chi connectivity index (χ0v) is 21.3. The Morgan fingerprint density at radius 3 is 2.05 bits per heavy atom. The SMILES string of the molecule is CC(=O)OC[C@H]1O[C@@H](n2ccc(NCc3ccccc3)nc2=O)[C@H](OC(C)=O)[C@@H](OC(C)=O)[C@@H]1OC(C)=O. The molecule has 1 fully saturated rings. The molecule has 1 N–H and O–H groups in total. The van der Waals surface area contributed by atoms with E-state index in [1.165, 1.54) is 19.2 Å². The third-order valence-electron chi connectivity index (χ3n) is 5.39. The molecule has 0 radical (unpaired) electrons. The third kappa shape index (κ3) is 7.62. The van der Waals surface area contributed by atoms with Crippen molar-refractivity contribution in [2.45, 2.75) is 64.9 Å². The summed E-state index contributed by atoms with van der Waals surface area (Å²) in [6, 6.07) is 11.0. The van der Waals surface area contributed by atoms with Gasteiger partial charge in [-0.05, 0) is 11.6 Å². The monoisotopic (exact) mass is 531 g/mol. The molecule has 0 bridgehead atoms. The van der Waals surface area contributed by atoms with Crippen LogP contribution in [0.2, 0.25) is 0 Å². The van der Waals surface area contributed by atoms with Gasteiger partial charge in [0.1, 0.15) is 18.5 Å². The summed E-state index contributed by atoms with van der Waals surface area (Å²) in [7, 11) is 0. The maximum absolute atomic E-state index is 13.1. The highest BCUT2D eigenvalue weighted by atomic mass is 16.7. The standard InChI is InChI=1S/C25H29N3O10/c1-14(29)34-13-19-21(35-15(2)30)22(36-16(3)31)23(37-17(4)32)24(38-19)28-11-10-20(27-25(28)33)26-12-18-8-6-5-7-9-18/h5-11,19,21-24H,12-13H2,1-4H3,(H,26,27,33)/t19-,21-,22+,23-,24-/m1/s1. The highest BCUT2D eigenvalue weighted by Crippen LogP contribution is 2.34. The van der Waals surface area contributed by atoms with Crippen molar-refractivity contribution in [1.29, 1.82) is 0 Å². The number of aromatic nitrogens is 2. The Morgan fingerprint density at radius 1 is 0.868 bits per heavy atom. The van der Waals surface area contributed by atoms with Crippen LogP contribution in [0, 0.1) is 0 Å². The predicted molar refractivity (Wildman–Crippen MR) is 129 cm³/mol. The fourth-order valence-corrected chi connectivity index (χ4v) is 3.92. The number of nitrogens with one attached hydrogen (secondary N) is 1. The first kappa shape index (κ1) is 28.3.